The minimum atomic E-state index is -0.391. The molecule has 0 saturated carbocycles. The second-order valence-electron chi connectivity index (χ2n) is 5.13. The van der Waals surface area contributed by atoms with Crippen LogP contribution in [0.4, 0.5) is 4.39 Å². The van der Waals surface area contributed by atoms with Crippen molar-refractivity contribution in [2.45, 2.75) is 19.4 Å². The smallest absolute Gasteiger partial charge is 0.141 e. The van der Waals surface area contributed by atoms with E-state index in [1.54, 1.807) is 12.1 Å². The van der Waals surface area contributed by atoms with E-state index in [-0.39, 0.29) is 11.1 Å². The molecule has 0 radical (unpaired) electrons. The summed E-state index contributed by atoms with van der Waals surface area (Å²) in [5.74, 6) is 0.573. The number of ether oxygens (including phenoxy) is 1. The number of rotatable bonds is 4. The van der Waals surface area contributed by atoms with Gasteiger partial charge in [0, 0.05) is 6.42 Å². The molecule has 1 N–H and O–H groups in total. The second kappa shape index (κ2) is 6.04. The van der Waals surface area contributed by atoms with Gasteiger partial charge in [-0.3, -0.25) is 0 Å². The minimum absolute atomic E-state index is 0.000926. The summed E-state index contributed by atoms with van der Waals surface area (Å²) >= 11 is 5.92. The fraction of sp³-hybridized carbons (Fsp3) is 0.294. The summed E-state index contributed by atoms with van der Waals surface area (Å²) in [7, 11) is 0. The molecule has 0 bridgehead atoms. The van der Waals surface area contributed by atoms with E-state index in [9.17, 15) is 4.39 Å². The summed E-state index contributed by atoms with van der Waals surface area (Å²) in [6.45, 7) is 3.61. The van der Waals surface area contributed by atoms with E-state index in [4.69, 9.17) is 16.3 Å². The van der Waals surface area contributed by atoms with Gasteiger partial charge >= 0.3 is 0 Å². The first kappa shape index (κ1) is 14.4. The van der Waals surface area contributed by atoms with Gasteiger partial charge in [0.2, 0.25) is 0 Å². The van der Waals surface area contributed by atoms with Crippen molar-refractivity contribution in [1.29, 1.82) is 0 Å². The van der Waals surface area contributed by atoms with Gasteiger partial charge in [-0.05, 0) is 41.4 Å². The van der Waals surface area contributed by atoms with E-state index in [0.29, 0.717) is 0 Å². The van der Waals surface area contributed by atoms with Gasteiger partial charge in [-0.25, -0.2) is 4.39 Å². The van der Waals surface area contributed by atoms with Crippen molar-refractivity contribution in [2.75, 3.05) is 13.2 Å². The molecule has 3 rings (SSSR count). The average molecular weight is 306 g/mol. The standard InChI is InChI=1S/C17H17ClFNO/c1-2-20-17(13-3-5-15(19)14(18)10-13)12-4-6-16-11(9-12)7-8-21-16/h3-6,9-10,17,20H,2,7-8H2,1H3. The Morgan fingerprint density at radius 2 is 2.00 bits per heavy atom. The van der Waals surface area contributed by atoms with Crippen molar-refractivity contribution < 1.29 is 9.13 Å². The molecule has 1 heterocycles. The number of hydrogen-bond acceptors (Lipinski definition) is 2. The Labute approximate surface area is 128 Å². The van der Waals surface area contributed by atoms with Crippen LogP contribution in [0.15, 0.2) is 36.4 Å². The van der Waals surface area contributed by atoms with Crippen LogP contribution in [0.5, 0.6) is 5.75 Å². The van der Waals surface area contributed by atoms with Crippen LogP contribution >= 0.6 is 11.6 Å². The minimum Gasteiger partial charge on any atom is -0.493 e. The first-order valence-corrected chi connectivity index (χ1v) is 7.51. The Kier molecular flexibility index (Phi) is 4.13. The predicted molar refractivity (Wildman–Crippen MR) is 82.6 cm³/mol. The highest BCUT2D eigenvalue weighted by atomic mass is 35.5. The molecule has 0 aromatic heterocycles. The lowest BCUT2D eigenvalue weighted by atomic mass is 9.96. The van der Waals surface area contributed by atoms with E-state index in [1.165, 1.54) is 11.6 Å². The first-order chi connectivity index (χ1) is 10.2. The normalized spacial score (nSPS) is 14.6. The highest BCUT2D eigenvalue weighted by Crippen LogP contribution is 2.31. The molecule has 4 heteroatoms. The lowest BCUT2D eigenvalue weighted by Gasteiger charge is -2.20. The first-order valence-electron chi connectivity index (χ1n) is 7.13. The Hall–Kier alpha value is -1.58. The summed E-state index contributed by atoms with van der Waals surface area (Å²) < 4.78 is 18.9. The molecule has 0 saturated heterocycles. The fourth-order valence-corrected chi connectivity index (χ4v) is 2.90. The van der Waals surface area contributed by atoms with Crippen LogP contribution in [0, 0.1) is 5.82 Å². The van der Waals surface area contributed by atoms with Crippen LogP contribution in [0.2, 0.25) is 5.02 Å². The van der Waals surface area contributed by atoms with Gasteiger partial charge < -0.3 is 10.1 Å². The lowest BCUT2D eigenvalue weighted by Crippen LogP contribution is -2.22. The van der Waals surface area contributed by atoms with E-state index in [0.717, 1.165) is 36.4 Å². The van der Waals surface area contributed by atoms with Crippen LogP contribution in [0.25, 0.3) is 0 Å². The molecule has 2 nitrogen and oxygen atoms in total. The van der Waals surface area contributed by atoms with Gasteiger partial charge in [0.15, 0.2) is 0 Å². The largest absolute Gasteiger partial charge is 0.493 e. The van der Waals surface area contributed by atoms with Crippen molar-refractivity contribution in [2.24, 2.45) is 0 Å². The Morgan fingerprint density at radius 3 is 2.76 bits per heavy atom. The van der Waals surface area contributed by atoms with E-state index >= 15 is 0 Å². The van der Waals surface area contributed by atoms with Crippen LogP contribution < -0.4 is 10.1 Å². The maximum atomic E-state index is 13.4. The third kappa shape index (κ3) is 2.89. The zero-order valence-corrected chi connectivity index (χ0v) is 12.6. The molecule has 2 aromatic rings. The molecule has 0 spiro atoms. The lowest BCUT2D eigenvalue weighted by molar-refractivity contribution is 0.357. The van der Waals surface area contributed by atoms with Crippen molar-refractivity contribution in [3.63, 3.8) is 0 Å². The molecule has 2 aromatic carbocycles. The molecule has 1 aliphatic heterocycles. The van der Waals surface area contributed by atoms with Gasteiger partial charge in [-0.1, -0.05) is 36.7 Å². The number of benzene rings is 2. The van der Waals surface area contributed by atoms with Crippen LogP contribution in [-0.2, 0) is 6.42 Å². The molecular formula is C17H17ClFNO. The topological polar surface area (TPSA) is 21.3 Å². The number of fused-ring (bicyclic) bond motifs is 1. The van der Waals surface area contributed by atoms with Gasteiger partial charge in [-0.15, -0.1) is 0 Å². The summed E-state index contributed by atoms with van der Waals surface area (Å²) in [6.07, 6.45) is 0.937. The van der Waals surface area contributed by atoms with Crippen LogP contribution in [0.1, 0.15) is 29.7 Å². The molecule has 0 aliphatic carbocycles. The maximum Gasteiger partial charge on any atom is 0.141 e. The molecule has 110 valence electrons. The van der Waals surface area contributed by atoms with Crippen molar-refractivity contribution in [1.82, 2.24) is 5.32 Å². The molecule has 1 aliphatic rings. The van der Waals surface area contributed by atoms with Gasteiger partial charge in [0.1, 0.15) is 11.6 Å². The van der Waals surface area contributed by atoms with Crippen LogP contribution in [-0.4, -0.2) is 13.2 Å². The highest BCUT2D eigenvalue weighted by Gasteiger charge is 2.18. The third-order valence-electron chi connectivity index (χ3n) is 3.73. The van der Waals surface area contributed by atoms with Crippen molar-refractivity contribution >= 4 is 11.6 Å². The van der Waals surface area contributed by atoms with E-state index in [2.05, 4.69) is 24.4 Å². The number of nitrogens with one attached hydrogen (secondary N) is 1. The number of halogens is 2. The van der Waals surface area contributed by atoms with Gasteiger partial charge in [-0.2, -0.15) is 0 Å². The average Bonchev–Trinajstić information content (AvgIpc) is 2.95. The summed E-state index contributed by atoms with van der Waals surface area (Å²) in [4.78, 5) is 0. The van der Waals surface area contributed by atoms with Crippen molar-refractivity contribution in [3.8, 4) is 5.75 Å². The Bertz CT molecular complexity index is 659. The Morgan fingerprint density at radius 1 is 1.24 bits per heavy atom. The summed E-state index contributed by atoms with van der Waals surface area (Å²) in [5.41, 5.74) is 3.33. The summed E-state index contributed by atoms with van der Waals surface area (Å²) in [5, 5.41) is 3.58. The van der Waals surface area contributed by atoms with Crippen molar-refractivity contribution in [3.05, 3.63) is 63.9 Å². The third-order valence-corrected chi connectivity index (χ3v) is 4.02. The SMILES string of the molecule is CCNC(c1ccc(F)c(Cl)c1)c1ccc2c(c1)CCO2. The number of hydrogen-bond donors (Lipinski definition) is 1. The highest BCUT2D eigenvalue weighted by molar-refractivity contribution is 6.30. The second-order valence-corrected chi connectivity index (χ2v) is 5.54. The predicted octanol–water partition coefficient (Wildman–Crippen LogP) is 4.11. The Balaban J connectivity index is 1.99. The van der Waals surface area contributed by atoms with E-state index < -0.39 is 5.82 Å². The van der Waals surface area contributed by atoms with Crippen LogP contribution in [0.3, 0.4) is 0 Å². The van der Waals surface area contributed by atoms with E-state index in [1.807, 2.05) is 6.07 Å². The molecule has 0 amide bonds. The zero-order valence-electron chi connectivity index (χ0n) is 11.8. The molecule has 0 fully saturated rings. The molecule has 21 heavy (non-hydrogen) atoms. The molecule has 1 atom stereocenters. The molecular weight excluding hydrogens is 289 g/mol. The summed E-state index contributed by atoms with van der Waals surface area (Å²) in [6, 6.07) is 11.1. The quantitative estimate of drug-likeness (QED) is 0.917. The fourth-order valence-electron chi connectivity index (χ4n) is 2.71. The monoisotopic (exact) mass is 305 g/mol. The molecule has 1 unspecified atom stereocenters. The van der Waals surface area contributed by atoms with Gasteiger partial charge in [0.05, 0.1) is 17.7 Å². The maximum absolute atomic E-state index is 13.4. The zero-order chi connectivity index (χ0) is 14.8. The van der Waals surface area contributed by atoms with Gasteiger partial charge in [0.25, 0.3) is 0 Å².